The number of hydrogen-bond donors (Lipinski definition) is 0. The summed E-state index contributed by atoms with van der Waals surface area (Å²) in [7, 11) is 0. The van der Waals surface area contributed by atoms with Crippen molar-refractivity contribution in [3.8, 4) is 44.5 Å². The van der Waals surface area contributed by atoms with Gasteiger partial charge in [-0.25, -0.2) is 0 Å². The second kappa shape index (κ2) is 14.1. The first kappa shape index (κ1) is 33.6. The number of rotatable bonds is 7. The van der Waals surface area contributed by atoms with Crippen LogP contribution in [0.5, 0.6) is 0 Å². The van der Waals surface area contributed by atoms with Crippen LogP contribution in [-0.4, -0.2) is 0 Å². The molecule has 0 saturated carbocycles. The summed E-state index contributed by atoms with van der Waals surface area (Å²) in [4.78, 5) is 4.78. The molecule has 0 N–H and O–H groups in total. The lowest BCUT2D eigenvalue weighted by atomic mass is 9.87. The average molecular weight is 739 g/mol. The summed E-state index contributed by atoms with van der Waals surface area (Å²) in [6, 6.07) is 83.5. The van der Waals surface area contributed by atoms with Crippen molar-refractivity contribution in [2.75, 3.05) is 9.80 Å². The molecule has 0 amide bonds. The summed E-state index contributed by atoms with van der Waals surface area (Å²) in [5.74, 6) is 0. The number of anilines is 6. The van der Waals surface area contributed by atoms with Crippen LogP contribution in [0.25, 0.3) is 66.1 Å². The fourth-order valence-corrected chi connectivity index (χ4v) is 8.77. The lowest BCUT2D eigenvalue weighted by molar-refractivity contribution is 1.28. The molecule has 0 unspecified atom stereocenters. The Morgan fingerprint density at radius 3 is 1.29 bits per heavy atom. The molecule has 2 heteroatoms. The molecule has 0 aromatic heterocycles. The highest BCUT2D eigenvalue weighted by Gasteiger charge is 2.27. The van der Waals surface area contributed by atoms with Crippen molar-refractivity contribution in [3.63, 3.8) is 0 Å². The van der Waals surface area contributed by atoms with Gasteiger partial charge in [-0.2, -0.15) is 0 Å². The second-order valence-electron chi connectivity index (χ2n) is 15.0. The van der Waals surface area contributed by atoms with Crippen LogP contribution in [0, 0.1) is 0 Å². The molecule has 1 heterocycles. The SMILES string of the molecule is c1ccc(-c2ccc(N(c3ccc(-c4ccccc4)cc3)c3ccc(-c4ccc(N5c6ccc7ccccc7c6-c6cccc7cccc5c67)cc4)cc3)cc2)cc1. The van der Waals surface area contributed by atoms with Gasteiger partial charge in [0.05, 0.1) is 11.4 Å². The number of benzene rings is 10. The van der Waals surface area contributed by atoms with Gasteiger partial charge in [-0.05, 0) is 116 Å². The minimum absolute atomic E-state index is 1.10. The number of nitrogens with zero attached hydrogens (tertiary/aromatic N) is 2. The maximum atomic E-state index is 2.44. The normalized spacial score (nSPS) is 11.8. The fraction of sp³-hybridized carbons (Fsp3) is 0. The van der Waals surface area contributed by atoms with E-state index in [9.17, 15) is 0 Å². The van der Waals surface area contributed by atoms with Crippen LogP contribution in [0.3, 0.4) is 0 Å². The molecule has 58 heavy (non-hydrogen) atoms. The molecule has 272 valence electrons. The van der Waals surface area contributed by atoms with Crippen LogP contribution in [0.15, 0.2) is 231 Å². The fourth-order valence-electron chi connectivity index (χ4n) is 8.77. The van der Waals surface area contributed by atoms with Gasteiger partial charge in [0.2, 0.25) is 0 Å². The Bertz CT molecular complexity index is 2970. The van der Waals surface area contributed by atoms with E-state index in [2.05, 4.69) is 240 Å². The van der Waals surface area contributed by atoms with Gasteiger partial charge in [-0.3, -0.25) is 0 Å². The minimum Gasteiger partial charge on any atom is -0.311 e. The second-order valence-corrected chi connectivity index (χ2v) is 15.0. The zero-order chi connectivity index (χ0) is 38.4. The van der Waals surface area contributed by atoms with Gasteiger partial charge in [-0.15, -0.1) is 0 Å². The van der Waals surface area contributed by atoms with Crippen molar-refractivity contribution >= 4 is 55.7 Å². The topological polar surface area (TPSA) is 6.48 Å². The monoisotopic (exact) mass is 738 g/mol. The van der Waals surface area contributed by atoms with Crippen LogP contribution in [0.1, 0.15) is 0 Å². The molecule has 0 aliphatic carbocycles. The molecule has 1 aliphatic rings. The lowest BCUT2D eigenvalue weighted by Crippen LogP contribution is -2.15. The van der Waals surface area contributed by atoms with Crippen LogP contribution < -0.4 is 9.80 Å². The molecule has 11 rings (SSSR count). The maximum absolute atomic E-state index is 2.44. The molecule has 0 radical (unpaired) electrons. The average Bonchev–Trinajstić information content (AvgIpc) is 3.30. The molecule has 0 bridgehead atoms. The summed E-state index contributed by atoms with van der Waals surface area (Å²) in [6.45, 7) is 0. The van der Waals surface area contributed by atoms with Gasteiger partial charge >= 0.3 is 0 Å². The van der Waals surface area contributed by atoms with Gasteiger partial charge in [0.1, 0.15) is 0 Å². The highest BCUT2D eigenvalue weighted by molar-refractivity contribution is 6.19. The van der Waals surface area contributed by atoms with E-state index >= 15 is 0 Å². The Balaban J connectivity index is 0.947. The standard InChI is InChI=1S/C56H38N2/c1-3-11-39(12-4-1)41-21-30-47(31-22-41)57(48-32-23-42(24-33-48)40-13-5-2-6-14-40)49-34-25-43(26-35-49)44-27-36-50(37-28-44)58-53-20-10-17-46-16-9-19-52(55(46)53)56-51-18-8-7-15-45(51)29-38-54(56)58/h1-38H. The quantitative estimate of drug-likeness (QED) is 0.161. The van der Waals surface area contributed by atoms with Gasteiger partial charge in [-0.1, -0.05) is 170 Å². The number of hydrogen-bond acceptors (Lipinski definition) is 2. The van der Waals surface area contributed by atoms with Crippen LogP contribution in [-0.2, 0) is 0 Å². The van der Waals surface area contributed by atoms with E-state index in [0.29, 0.717) is 0 Å². The van der Waals surface area contributed by atoms with E-state index in [1.807, 2.05) is 0 Å². The van der Waals surface area contributed by atoms with Crippen molar-refractivity contribution in [1.29, 1.82) is 0 Å². The Kier molecular flexibility index (Phi) is 8.19. The lowest BCUT2D eigenvalue weighted by Gasteiger charge is -2.34. The Morgan fingerprint density at radius 2 is 0.741 bits per heavy atom. The number of fused-ring (bicyclic) bond motifs is 4. The van der Waals surface area contributed by atoms with Crippen molar-refractivity contribution in [1.82, 2.24) is 0 Å². The molecular formula is C56H38N2. The van der Waals surface area contributed by atoms with E-state index in [-0.39, 0.29) is 0 Å². The zero-order valence-electron chi connectivity index (χ0n) is 31.8. The third kappa shape index (κ3) is 5.82. The first-order valence-electron chi connectivity index (χ1n) is 19.9. The molecule has 10 aromatic rings. The van der Waals surface area contributed by atoms with Gasteiger partial charge in [0.15, 0.2) is 0 Å². The summed E-state index contributed by atoms with van der Waals surface area (Å²) in [5.41, 5.74) is 16.6. The van der Waals surface area contributed by atoms with Gasteiger partial charge in [0, 0.05) is 33.7 Å². The predicted octanol–water partition coefficient (Wildman–Crippen LogP) is 15.9. The third-order valence-electron chi connectivity index (χ3n) is 11.6. The van der Waals surface area contributed by atoms with Crippen molar-refractivity contribution in [2.24, 2.45) is 0 Å². The molecule has 2 nitrogen and oxygen atoms in total. The summed E-state index contributed by atoms with van der Waals surface area (Å²) in [5, 5.41) is 5.08. The minimum atomic E-state index is 1.10. The largest absolute Gasteiger partial charge is 0.311 e. The van der Waals surface area contributed by atoms with E-state index in [4.69, 9.17) is 0 Å². The van der Waals surface area contributed by atoms with Crippen LogP contribution >= 0.6 is 0 Å². The van der Waals surface area contributed by atoms with E-state index < -0.39 is 0 Å². The summed E-state index contributed by atoms with van der Waals surface area (Å²) >= 11 is 0. The highest BCUT2D eigenvalue weighted by Crippen LogP contribution is 2.53. The summed E-state index contributed by atoms with van der Waals surface area (Å²) < 4.78 is 0. The Hall–Kier alpha value is -7.68. The van der Waals surface area contributed by atoms with Crippen LogP contribution in [0.4, 0.5) is 34.1 Å². The van der Waals surface area contributed by atoms with Crippen molar-refractivity contribution < 1.29 is 0 Å². The highest BCUT2D eigenvalue weighted by atomic mass is 15.2. The molecule has 10 aromatic carbocycles. The zero-order valence-corrected chi connectivity index (χ0v) is 31.8. The van der Waals surface area contributed by atoms with Gasteiger partial charge in [0.25, 0.3) is 0 Å². The molecular weight excluding hydrogens is 701 g/mol. The predicted molar refractivity (Wildman–Crippen MR) is 246 cm³/mol. The van der Waals surface area contributed by atoms with E-state index in [1.54, 1.807) is 0 Å². The summed E-state index contributed by atoms with van der Waals surface area (Å²) in [6.07, 6.45) is 0. The molecule has 1 aliphatic heterocycles. The molecule has 0 saturated heterocycles. The van der Waals surface area contributed by atoms with Gasteiger partial charge < -0.3 is 9.80 Å². The van der Waals surface area contributed by atoms with Crippen LogP contribution in [0.2, 0.25) is 0 Å². The first-order valence-corrected chi connectivity index (χ1v) is 19.9. The van der Waals surface area contributed by atoms with E-state index in [1.165, 1.54) is 77.4 Å². The Morgan fingerprint density at radius 1 is 0.293 bits per heavy atom. The molecule has 0 fully saturated rings. The maximum Gasteiger partial charge on any atom is 0.0547 e. The smallest absolute Gasteiger partial charge is 0.0547 e. The molecule has 0 spiro atoms. The Labute approximate surface area is 339 Å². The first-order chi connectivity index (χ1) is 28.8. The molecule has 0 atom stereocenters. The third-order valence-corrected chi connectivity index (χ3v) is 11.6. The van der Waals surface area contributed by atoms with Crippen molar-refractivity contribution in [3.05, 3.63) is 231 Å². The van der Waals surface area contributed by atoms with Crippen molar-refractivity contribution in [2.45, 2.75) is 0 Å². The van der Waals surface area contributed by atoms with E-state index in [0.717, 1.165) is 22.7 Å².